The topological polar surface area (TPSA) is 74.7 Å². The SMILES string of the molecule is CCCCN(CCCC)c1ccc(/C(N)=N/O)cn1. The fourth-order valence-electron chi connectivity index (χ4n) is 1.82. The van der Waals surface area contributed by atoms with E-state index in [1.54, 1.807) is 6.20 Å². The van der Waals surface area contributed by atoms with Crippen molar-refractivity contribution in [2.24, 2.45) is 10.9 Å². The van der Waals surface area contributed by atoms with Crippen LogP contribution in [0.3, 0.4) is 0 Å². The summed E-state index contributed by atoms with van der Waals surface area (Å²) in [7, 11) is 0. The van der Waals surface area contributed by atoms with Crippen molar-refractivity contribution < 1.29 is 5.21 Å². The number of oxime groups is 1. The third-order valence-electron chi connectivity index (χ3n) is 3.04. The highest BCUT2D eigenvalue weighted by molar-refractivity contribution is 5.96. The Hall–Kier alpha value is -1.78. The molecule has 0 saturated heterocycles. The van der Waals surface area contributed by atoms with E-state index in [1.807, 2.05) is 12.1 Å². The van der Waals surface area contributed by atoms with Crippen LogP contribution in [-0.2, 0) is 0 Å². The molecule has 0 aliphatic rings. The summed E-state index contributed by atoms with van der Waals surface area (Å²) in [5, 5.41) is 11.6. The van der Waals surface area contributed by atoms with E-state index in [4.69, 9.17) is 10.9 Å². The van der Waals surface area contributed by atoms with Crippen molar-refractivity contribution in [3.8, 4) is 0 Å². The molecule has 0 aliphatic heterocycles. The number of rotatable bonds is 8. The molecular formula is C14H24N4O. The lowest BCUT2D eigenvalue weighted by Crippen LogP contribution is -2.26. The van der Waals surface area contributed by atoms with Gasteiger partial charge in [-0.05, 0) is 25.0 Å². The number of nitrogens with zero attached hydrogens (tertiary/aromatic N) is 3. The number of hydrogen-bond donors (Lipinski definition) is 2. The van der Waals surface area contributed by atoms with Crippen LogP contribution in [0, 0.1) is 0 Å². The fourth-order valence-corrected chi connectivity index (χ4v) is 1.82. The van der Waals surface area contributed by atoms with Crippen LogP contribution >= 0.6 is 0 Å². The molecule has 0 aliphatic carbocycles. The summed E-state index contributed by atoms with van der Waals surface area (Å²) >= 11 is 0. The average Bonchev–Trinajstić information content (AvgIpc) is 2.47. The van der Waals surface area contributed by atoms with Crippen molar-refractivity contribution in [1.29, 1.82) is 0 Å². The van der Waals surface area contributed by atoms with Crippen LogP contribution in [0.4, 0.5) is 5.82 Å². The number of nitrogens with two attached hydrogens (primary N) is 1. The first-order valence-corrected chi connectivity index (χ1v) is 6.91. The van der Waals surface area contributed by atoms with Gasteiger partial charge in [0.05, 0.1) is 0 Å². The third kappa shape index (κ3) is 4.77. The number of pyridine rings is 1. The van der Waals surface area contributed by atoms with Gasteiger partial charge in [0.15, 0.2) is 5.84 Å². The second-order valence-electron chi connectivity index (χ2n) is 4.58. The molecule has 106 valence electrons. The van der Waals surface area contributed by atoms with E-state index in [1.165, 1.54) is 12.8 Å². The molecule has 1 aromatic heterocycles. The van der Waals surface area contributed by atoms with Gasteiger partial charge in [0.2, 0.25) is 0 Å². The lowest BCUT2D eigenvalue weighted by atomic mass is 10.2. The van der Waals surface area contributed by atoms with Gasteiger partial charge in [0.1, 0.15) is 5.82 Å². The molecule has 3 N–H and O–H groups in total. The molecule has 5 heteroatoms. The molecule has 1 aromatic rings. The first-order valence-electron chi connectivity index (χ1n) is 6.91. The molecule has 0 saturated carbocycles. The molecule has 1 rings (SSSR count). The Kier molecular flexibility index (Phi) is 6.71. The van der Waals surface area contributed by atoms with E-state index in [-0.39, 0.29) is 5.84 Å². The molecule has 1 heterocycles. The molecule has 0 amide bonds. The van der Waals surface area contributed by atoms with Crippen molar-refractivity contribution in [2.45, 2.75) is 39.5 Å². The molecule has 0 radical (unpaired) electrons. The van der Waals surface area contributed by atoms with E-state index < -0.39 is 0 Å². The quantitative estimate of drug-likeness (QED) is 0.327. The minimum Gasteiger partial charge on any atom is -0.409 e. The zero-order valence-electron chi connectivity index (χ0n) is 11.8. The minimum atomic E-state index is 0.0905. The van der Waals surface area contributed by atoms with Gasteiger partial charge in [0.25, 0.3) is 0 Å². The van der Waals surface area contributed by atoms with Crippen molar-refractivity contribution in [1.82, 2.24) is 4.98 Å². The Morgan fingerprint density at radius 2 is 1.89 bits per heavy atom. The number of aromatic nitrogens is 1. The zero-order valence-corrected chi connectivity index (χ0v) is 11.8. The fraction of sp³-hybridized carbons (Fsp3) is 0.571. The summed E-state index contributed by atoms with van der Waals surface area (Å²) in [5.74, 6) is 1.05. The van der Waals surface area contributed by atoms with Gasteiger partial charge in [-0.15, -0.1) is 0 Å². The molecule has 0 unspecified atom stereocenters. The monoisotopic (exact) mass is 264 g/mol. The van der Waals surface area contributed by atoms with Gasteiger partial charge >= 0.3 is 0 Å². The molecular weight excluding hydrogens is 240 g/mol. The van der Waals surface area contributed by atoms with E-state index in [9.17, 15) is 0 Å². The Labute approximate surface area is 115 Å². The van der Waals surface area contributed by atoms with E-state index in [0.717, 1.165) is 31.7 Å². The third-order valence-corrected chi connectivity index (χ3v) is 3.04. The summed E-state index contributed by atoms with van der Waals surface area (Å²) in [6, 6.07) is 3.76. The lowest BCUT2D eigenvalue weighted by Gasteiger charge is -2.23. The van der Waals surface area contributed by atoms with Gasteiger partial charge in [0, 0.05) is 24.8 Å². The highest BCUT2D eigenvalue weighted by atomic mass is 16.4. The molecule has 0 bridgehead atoms. The predicted molar refractivity (Wildman–Crippen MR) is 78.8 cm³/mol. The first-order chi connectivity index (χ1) is 9.22. The van der Waals surface area contributed by atoms with Gasteiger partial charge in [-0.25, -0.2) is 4.98 Å². The number of anilines is 1. The van der Waals surface area contributed by atoms with Crippen molar-refractivity contribution in [2.75, 3.05) is 18.0 Å². The number of unbranched alkanes of at least 4 members (excludes halogenated alkanes) is 2. The maximum Gasteiger partial charge on any atom is 0.171 e. The van der Waals surface area contributed by atoms with Crippen LogP contribution in [0.5, 0.6) is 0 Å². The summed E-state index contributed by atoms with van der Waals surface area (Å²) in [5.41, 5.74) is 6.16. The van der Waals surface area contributed by atoms with E-state index in [2.05, 4.69) is 28.9 Å². The summed E-state index contributed by atoms with van der Waals surface area (Å²) in [6.45, 7) is 6.42. The second kappa shape index (κ2) is 8.34. The molecule has 0 atom stereocenters. The number of hydrogen-bond acceptors (Lipinski definition) is 4. The number of amidine groups is 1. The summed E-state index contributed by atoms with van der Waals surface area (Å²) in [6.07, 6.45) is 6.31. The molecule has 0 spiro atoms. The van der Waals surface area contributed by atoms with Crippen molar-refractivity contribution in [3.63, 3.8) is 0 Å². The Bertz CT molecular complexity index is 381. The van der Waals surface area contributed by atoms with Gasteiger partial charge in [-0.3, -0.25) is 0 Å². The molecule has 5 nitrogen and oxygen atoms in total. The highest BCUT2D eigenvalue weighted by Gasteiger charge is 2.08. The summed E-state index contributed by atoms with van der Waals surface area (Å²) in [4.78, 5) is 6.70. The smallest absolute Gasteiger partial charge is 0.171 e. The Morgan fingerprint density at radius 1 is 1.26 bits per heavy atom. The summed E-state index contributed by atoms with van der Waals surface area (Å²) < 4.78 is 0. The maximum atomic E-state index is 8.62. The lowest BCUT2D eigenvalue weighted by molar-refractivity contribution is 0.318. The first kappa shape index (κ1) is 15.3. The van der Waals surface area contributed by atoms with E-state index >= 15 is 0 Å². The molecule has 0 aromatic carbocycles. The predicted octanol–water partition coefficient (Wildman–Crippen LogP) is 2.58. The normalized spacial score (nSPS) is 11.6. The Balaban J connectivity index is 2.77. The van der Waals surface area contributed by atoms with Crippen LogP contribution in [0.15, 0.2) is 23.5 Å². The van der Waals surface area contributed by atoms with E-state index in [0.29, 0.717) is 5.56 Å². The maximum absolute atomic E-state index is 8.62. The van der Waals surface area contributed by atoms with Crippen LogP contribution < -0.4 is 10.6 Å². The van der Waals surface area contributed by atoms with Crippen LogP contribution in [-0.4, -0.2) is 29.1 Å². The van der Waals surface area contributed by atoms with Gasteiger partial charge in [-0.1, -0.05) is 31.8 Å². The second-order valence-corrected chi connectivity index (χ2v) is 4.58. The minimum absolute atomic E-state index is 0.0905. The highest BCUT2D eigenvalue weighted by Crippen LogP contribution is 2.13. The van der Waals surface area contributed by atoms with Crippen LogP contribution in [0.25, 0.3) is 0 Å². The zero-order chi connectivity index (χ0) is 14.1. The van der Waals surface area contributed by atoms with Crippen molar-refractivity contribution in [3.05, 3.63) is 23.9 Å². The largest absolute Gasteiger partial charge is 0.409 e. The van der Waals surface area contributed by atoms with Crippen molar-refractivity contribution >= 4 is 11.7 Å². The van der Waals surface area contributed by atoms with Crippen LogP contribution in [0.2, 0.25) is 0 Å². The molecule has 0 fully saturated rings. The Morgan fingerprint density at radius 3 is 2.32 bits per heavy atom. The average molecular weight is 264 g/mol. The van der Waals surface area contributed by atoms with Crippen LogP contribution in [0.1, 0.15) is 45.1 Å². The van der Waals surface area contributed by atoms with Gasteiger partial charge in [-0.2, -0.15) is 0 Å². The standard InChI is InChI=1S/C14H24N4O/c1-3-5-9-18(10-6-4-2)13-8-7-12(11-16-13)14(15)17-19/h7-8,11,19H,3-6,9-10H2,1-2H3,(H2,15,17). The molecule has 19 heavy (non-hydrogen) atoms. The van der Waals surface area contributed by atoms with Gasteiger partial charge < -0.3 is 15.8 Å².